The van der Waals surface area contributed by atoms with Gasteiger partial charge >= 0.3 is 0 Å². The van der Waals surface area contributed by atoms with Gasteiger partial charge in [-0.05, 0) is 27.7 Å². The first-order chi connectivity index (χ1) is 7.59. The molecule has 0 aliphatic carbocycles. The predicted molar refractivity (Wildman–Crippen MR) is 70.3 cm³/mol. The molecule has 0 unspecified atom stereocenters. The summed E-state index contributed by atoms with van der Waals surface area (Å²) in [4.78, 5) is 8.63. The van der Waals surface area contributed by atoms with E-state index in [1.54, 1.807) is 0 Å². The second-order valence-corrected chi connectivity index (χ2v) is 5.95. The van der Waals surface area contributed by atoms with Crippen LogP contribution in [0, 0.1) is 0 Å². The van der Waals surface area contributed by atoms with Crippen molar-refractivity contribution in [2.45, 2.75) is 52.7 Å². The van der Waals surface area contributed by atoms with Crippen LogP contribution in [0.3, 0.4) is 0 Å². The molecule has 0 aromatic carbocycles. The molecular formula is C12H21N3S. The first kappa shape index (κ1) is 11.9. The van der Waals surface area contributed by atoms with Crippen LogP contribution < -0.4 is 10.2 Å². The first-order valence-electron chi connectivity index (χ1n) is 6.07. The highest BCUT2D eigenvalue weighted by atomic mass is 32.1. The standard InChI is InChI=1S/C12H21N3S/c1-8(2)15(9(3)4)12-14-10-5-6-13-7-11(10)16-12/h8-9,13H,5-7H2,1-4H3. The van der Waals surface area contributed by atoms with Crippen LogP contribution in [0.25, 0.3) is 0 Å². The van der Waals surface area contributed by atoms with Crippen LogP contribution in [-0.4, -0.2) is 23.6 Å². The van der Waals surface area contributed by atoms with Gasteiger partial charge in [-0.15, -0.1) is 11.3 Å². The van der Waals surface area contributed by atoms with E-state index in [2.05, 4.69) is 37.9 Å². The van der Waals surface area contributed by atoms with E-state index in [1.165, 1.54) is 15.7 Å². The number of rotatable bonds is 3. The predicted octanol–water partition coefficient (Wildman–Crippen LogP) is 2.41. The number of nitrogens with zero attached hydrogens (tertiary/aromatic N) is 2. The normalized spacial score (nSPS) is 15.6. The summed E-state index contributed by atoms with van der Waals surface area (Å²) >= 11 is 1.85. The fraction of sp³-hybridized carbons (Fsp3) is 0.750. The van der Waals surface area contributed by atoms with E-state index in [1.807, 2.05) is 11.3 Å². The molecule has 2 rings (SSSR count). The van der Waals surface area contributed by atoms with E-state index >= 15 is 0 Å². The van der Waals surface area contributed by atoms with Gasteiger partial charge in [-0.2, -0.15) is 0 Å². The zero-order valence-electron chi connectivity index (χ0n) is 10.6. The summed E-state index contributed by atoms with van der Waals surface area (Å²) in [5.74, 6) is 0. The molecule has 0 fully saturated rings. The second-order valence-electron chi connectivity index (χ2n) is 4.89. The van der Waals surface area contributed by atoms with Crippen molar-refractivity contribution < 1.29 is 0 Å². The largest absolute Gasteiger partial charge is 0.343 e. The van der Waals surface area contributed by atoms with Crippen molar-refractivity contribution in [2.75, 3.05) is 11.4 Å². The van der Waals surface area contributed by atoms with Crippen LogP contribution in [0.4, 0.5) is 5.13 Å². The van der Waals surface area contributed by atoms with Crippen molar-refractivity contribution in [1.82, 2.24) is 10.3 Å². The minimum Gasteiger partial charge on any atom is -0.343 e. The topological polar surface area (TPSA) is 28.2 Å². The molecule has 2 heterocycles. The molecule has 0 saturated carbocycles. The van der Waals surface area contributed by atoms with Gasteiger partial charge < -0.3 is 10.2 Å². The van der Waals surface area contributed by atoms with Crippen LogP contribution in [0.5, 0.6) is 0 Å². The third kappa shape index (κ3) is 2.23. The lowest BCUT2D eigenvalue weighted by Gasteiger charge is -2.30. The van der Waals surface area contributed by atoms with Gasteiger partial charge in [-0.25, -0.2) is 4.98 Å². The van der Waals surface area contributed by atoms with E-state index in [0.29, 0.717) is 12.1 Å². The molecule has 16 heavy (non-hydrogen) atoms. The highest BCUT2D eigenvalue weighted by Crippen LogP contribution is 2.30. The van der Waals surface area contributed by atoms with Gasteiger partial charge in [0.05, 0.1) is 5.69 Å². The Labute approximate surface area is 102 Å². The molecule has 0 amide bonds. The Kier molecular flexibility index (Phi) is 3.50. The summed E-state index contributed by atoms with van der Waals surface area (Å²) in [5, 5.41) is 4.60. The molecule has 4 heteroatoms. The number of aromatic nitrogens is 1. The molecule has 1 aliphatic rings. The summed E-state index contributed by atoms with van der Waals surface area (Å²) < 4.78 is 0. The fourth-order valence-electron chi connectivity index (χ4n) is 2.26. The van der Waals surface area contributed by atoms with Crippen molar-refractivity contribution in [2.24, 2.45) is 0 Å². The molecular weight excluding hydrogens is 218 g/mol. The summed E-state index contributed by atoms with van der Waals surface area (Å²) in [6.45, 7) is 11.0. The minimum absolute atomic E-state index is 0.514. The van der Waals surface area contributed by atoms with Gasteiger partial charge in [-0.3, -0.25) is 0 Å². The molecule has 1 aromatic heterocycles. The Morgan fingerprint density at radius 3 is 2.50 bits per heavy atom. The van der Waals surface area contributed by atoms with Crippen molar-refractivity contribution in [3.8, 4) is 0 Å². The number of hydrogen-bond acceptors (Lipinski definition) is 4. The average Bonchev–Trinajstić information content (AvgIpc) is 2.58. The van der Waals surface area contributed by atoms with Gasteiger partial charge in [0.25, 0.3) is 0 Å². The zero-order chi connectivity index (χ0) is 11.7. The third-order valence-electron chi connectivity index (χ3n) is 2.92. The second kappa shape index (κ2) is 4.72. The molecule has 0 saturated heterocycles. The van der Waals surface area contributed by atoms with Crippen molar-refractivity contribution in [3.05, 3.63) is 10.6 Å². The monoisotopic (exact) mass is 239 g/mol. The molecule has 0 bridgehead atoms. The van der Waals surface area contributed by atoms with Gasteiger partial charge in [0.1, 0.15) is 0 Å². The van der Waals surface area contributed by atoms with E-state index < -0.39 is 0 Å². The Morgan fingerprint density at radius 1 is 1.25 bits per heavy atom. The molecule has 1 aliphatic heterocycles. The van der Waals surface area contributed by atoms with Crippen LogP contribution in [0.2, 0.25) is 0 Å². The molecule has 90 valence electrons. The number of fused-ring (bicyclic) bond motifs is 1. The van der Waals surface area contributed by atoms with E-state index in [9.17, 15) is 0 Å². The lowest BCUT2D eigenvalue weighted by Crippen LogP contribution is -2.36. The average molecular weight is 239 g/mol. The van der Waals surface area contributed by atoms with Crippen LogP contribution >= 0.6 is 11.3 Å². The molecule has 3 nitrogen and oxygen atoms in total. The molecule has 1 N–H and O–H groups in total. The molecule has 0 atom stereocenters. The summed E-state index contributed by atoms with van der Waals surface area (Å²) in [6.07, 6.45) is 1.08. The highest BCUT2D eigenvalue weighted by Gasteiger charge is 2.21. The summed E-state index contributed by atoms with van der Waals surface area (Å²) in [7, 11) is 0. The number of anilines is 1. The van der Waals surface area contributed by atoms with Crippen LogP contribution in [-0.2, 0) is 13.0 Å². The van der Waals surface area contributed by atoms with Gasteiger partial charge in [0.2, 0.25) is 0 Å². The quantitative estimate of drug-likeness (QED) is 0.878. The minimum atomic E-state index is 0.514. The maximum absolute atomic E-state index is 4.80. The molecule has 1 aromatic rings. The Balaban J connectivity index is 2.28. The number of hydrogen-bond donors (Lipinski definition) is 1. The highest BCUT2D eigenvalue weighted by molar-refractivity contribution is 7.15. The van der Waals surface area contributed by atoms with Crippen LogP contribution in [0.15, 0.2) is 0 Å². The van der Waals surface area contributed by atoms with Crippen molar-refractivity contribution >= 4 is 16.5 Å². The maximum Gasteiger partial charge on any atom is 0.186 e. The zero-order valence-corrected chi connectivity index (χ0v) is 11.4. The number of nitrogens with one attached hydrogen (secondary N) is 1. The van der Waals surface area contributed by atoms with Gasteiger partial charge in [0, 0.05) is 36.5 Å². The smallest absolute Gasteiger partial charge is 0.186 e. The van der Waals surface area contributed by atoms with E-state index in [0.717, 1.165) is 19.5 Å². The Hall–Kier alpha value is -0.610. The molecule has 0 spiro atoms. The van der Waals surface area contributed by atoms with Gasteiger partial charge in [-0.1, -0.05) is 0 Å². The SMILES string of the molecule is CC(C)N(c1nc2c(s1)CNCC2)C(C)C. The lowest BCUT2D eigenvalue weighted by molar-refractivity contribution is 0.602. The van der Waals surface area contributed by atoms with Crippen molar-refractivity contribution in [1.29, 1.82) is 0 Å². The summed E-state index contributed by atoms with van der Waals surface area (Å²) in [5.41, 5.74) is 1.31. The van der Waals surface area contributed by atoms with E-state index in [-0.39, 0.29) is 0 Å². The first-order valence-corrected chi connectivity index (χ1v) is 6.89. The van der Waals surface area contributed by atoms with Gasteiger partial charge in [0.15, 0.2) is 5.13 Å². The summed E-state index contributed by atoms with van der Waals surface area (Å²) in [6, 6.07) is 1.03. The third-order valence-corrected chi connectivity index (χ3v) is 4.04. The fourth-order valence-corrected chi connectivity index (χ4v) is 3.60. The van der Waals surface area contributed by atoms with E-state index in [4.69, 9.17) is 4.98 Å². The van der Waals surface area contributed by atoms with Crippen LogP contribution in [0.1, 0.15) is 38.3 Å². The number of thiazole rings is 1. The van der Waals surface area contributed by atoms with Crippen molar-refractivity contribution in [3.63, 3.8) is 0 Å². The lowest BCUT2D eigenvalue weighted by atomic mass is 10.2. The maximum atomic E-state index is 4.80. The Bertz CT molecular complexity index is 326. The Morgan fingerprint density at radius 2 is 1.94 bits per heavy atom. The molecule has 0 radical (unpaired) electrons.